The molecule has 0 fully saturated rings. The van der Waals surface area contributed by atoms with E-state index < -0.39 is 0 Å². The summed E-state index contributed by atoms with van der Waals surface area (Å²) in [6.45, 7) is 3.35. The van der Waals surface area contributed by atoms with Crippen LogP contribution in [-0.2, 0) is 6.54 Å². The SMILES string of the molecule is CCn1cc(C(=O)CNC)c2ccc(I)cc21. The maximum absolute atomic E-state index is 12.0. The van der Waals surface area contributed by atoms with Crippen LogP contribution in [0.15, 0.2) is 24.4 Å². The van der Waals surface area contributed by atoms with E-state index in [1.807, 2.05) is 18.3 Å². The molecule has 1 N–H and O–H groups in total. The number of carbonyl (C=O) groups excluding carboxylic acids is 1. The molecule has 3 nitrogen and oxygen atoms in total. The lowest BCUT2D eigenvalue weighted by atomic mass is 10.1. The average Bonchev–Trinajstić information content (AvgIpc) is 2.67. The van der Waals surface area contributed by atoms with E-state index in [1.165, 1.54) is 3.57 Å². The van der Waals surface area contributed by atoms with E-state index in [-0.39, 0.29) is 5.78 Å². The van der Waals surface area contributed by atoms with Gasteiger partial charge in [0.25, 0.3) is 0 Å². The molecule has 0 saturated carbocycles. The number of aromatic nitrogens is 1. The second kappa shape index (κ2) is 5.18. The van der Waals surface area contributed by atoms with Crippen LogP contribution in [-0.4, -0.2) is 23.9 Å². The van der Waals surface area contributed by atoms with Crippen LogP contribution in [0, 0.1) is 3.57 Å². The van der Waals surface area contributed by atoms with Crippen molar-refractivity contribution in [2.24, 2.45) is 0 Å². The van der Waals surface area contributed by atoms with Crippen molar-refractivity contribution < 1.29 is 4.79 Å². The van der Waals surface area contributed by atoms with E-state index in [9.17, 15) is 4.79 Å². The lowest BCUT2D eigenvalue weighted by Gasteiger charge is -2.00. The monoisotopic (exact) mass is 342 g/mol. The molecule has 90 valence electrons. The third-order valence-corrected chi connectivity index (χ3v) is 3.49. The minimum atomic E-state index is 0.144. The molecule has 0 aliphatic carbocycles. The molecule has 1 heterocycles. The fourth-order valence-corrected chi connectivity index (χ4v) is 2.48. The fraction of sp³-hybridized carbons (Fsp3) is 0.308. The molecule has 0 radical (unpaired) electrons. The van der Waals surface area contributed by atoms with Gasteiger partial charge in [0.05, 0.1) is 6.54 Å². The molecule has 2 rings (SSSR count). The Morgan fingerprint density at radius 1 is 1.47 bits per heavy atom. The Bertz CT molecular complexity index is 560. The van der Waals surface area contributed by atoms with Crippen LogP contribution in [0.3, 0.4) is 0 Å². The summed E-state index contributed by atoms with van der Waals surface area (Å²) in [5.41, 5.74) is 1.95. The first-order valence-electron chi connectivity index (χ1n) is 5.63. The molecule has 0 spiro atoms. The van der Waals surface area contributed by atoms with Crippen molar-refractivity contribution in [2.75, 3.05) is 13.6 Å². The maximum Gasteiger partial charge on any atom is 0.178 e. The summed E-state index contributed by atoms with van der Waals surface area (Å²) in [7, 11) is 1.79. The van der Waals surface area contributed by atoms with Gasteiger partial charge in [-0.1, -0.05) is 6.07 Å². The predicted octanol–water partition coefficient (Wildman–Crippen LogP) is 2.67. The number of fused-ring (bicyclic) bond motifs is 1. The van der Waals surface area contributed by atoms with Gasteiger partial charge in [0.1, 0.15) is 0 Å². The molecule has 0 aliphatic rings. The lowest BCUT2D eigenvalue weighted by molar-refractivity contribution is 0.0995. The highest BCUT2D eigenvalue weighted by atomic mass is 127. The highest BCUT2D eigenvalue weighted by molar-refractivity contribution is 14.1. The van der Waals surface area contributed by atoms with Crippen molar-refractivity contribution in [1.29, 1.82) is 0 Å². The second-order valence-corrected chi connectivity index (χ2v) is 5.19. The molecule has 0 amide bonds. The van der Waals surface area contributed by atoms with E-state index in [1.54, 1.807) is 7.05 Å². The third-order valence-electron chi connectivity index (χ3n) is 2.82. The summed E-state index contributed by atoms with van der Waals surface area (Å²) in [6, 6.07) is 6.20. The van der Waals surface area contributed by atoms with Gasteiger partial charge in [0.2, 0.25) is 0 Å². The van der Waals surface area contributed by atoms with Gasteiger partial charge in [-0.2, -0.15) is 0 Å². The Morgan fingerprint density at radius 3 is 2.88 bits per heavy atom. The number of ketones is 1. The first-order chi connectivity index (χ1) is 8.17. The summed E-state index contributed by atoms with van der Waals surface area (Å²) >= 11 is 2.29. The van der Waals surface area contributed by atoms with Gasteiger partial charge in [0.15, 0.2) is 5.78 Å². The summed E-state index contributed by atoms with van der Waals surface area (Å²) < 4.78 is 3.32. The zero-order valence-corrected chi connectivity index (χ0v) is 12.1. The van der Waals surface area contributed by atoms with Gasteiger partial charge in [-0.05, 0) is 48.7 Å². The quantitative estimate of drug-likeness (QED) is 0.685. The zero-order chi connectivity index (χ0) is 12.4. The van der Waals surface area contributed by atoms with E-state index in [0.717, 1.165) is 23.0 Å². The number of Topliss-reactive ketones (excluding diaryl/α,β-unsaturated/α-hetero) is 1. The smallest absolute Gasteiger partial charge is 0.178 e. The Kier molecular flexibility index (Phi) is 3.83. The Hall–Kier alpha value is -0.880. The first-order valence-corrected chi connectivity index (χ1v) is 6.71. The van der Waals surface area contributed by atoms with Crippen molar-refractivity contribution >= 4 is 39.3 Å². The Balaban J connectivity index is 2.61. The van der Waals surface area contributed by atoms with Crippen molar-refractivity contribution in [1.82, 2.24) is 9.88 Å². The van der Waals surface area contributed by atoms with Crippen LogP contribution < -0.4 is 5.32 Å². The number of likely N-dealkylation sites (N-methyl/N-ethyl adjacent to an activating group) is 1. The minimum Gasteiger partial charge on any atom is -0.347 e. The molecule has 0 saturated heterocycles. The predicted molar refractivity (Wildman–Crippen MR) is 78.6 cm³/mol. The van der Waals surface area contributed by atoms with Crippen LogP contribution in [0.4, 0.5) is 0 Å². The number of hydrogen-bond acceptors (Lipinski definition) is 2. The van der Waals surface area contributed by atoms with Gasteiger partial charge in [-0.15, -0.1) is 0 Å². The lowest BCUT2D eigenvalue weighted by Crippen LogP contribution is -2.18. The van der Waals surface area contributed by atoms with E-state index >= 15 is 0 Å². The van der Waals surface area contributed by atoms with Crippen LogP contribution in [0.1, 0.15) is 17.3 Å². The zero-order valence-electron chi connectivity index (χ0n) is 9.96. The van der Waals surface area contributed by atoms with Crippen LogP contribution >= 0.6 is 22.6 Å². The Labute approximate surface area is 114 Å². The highest BCUT2D eigenvalue weighted by Crippen LogP contribution is 2.23. The summed E-state index contributed by atoms with van der Waals surface area (Å²) in [5, 5.41) is 3.96. The van der Waals surface area contributed by atoms with Crippen molar-refractivity contribution in [3.63, 3.8) is 0 Å². The molecule has 17 heavy (non-hydrogen) atoms. The number of rotatable bonds is 4. The summed E-state index contributed by atoms with van der Waals surface area (Å²) in [6.07, 6.45) is 1.96. The average molecular weight is 342 g/mol. The normalized spacial score (nSPS) is 11.0. The number of hydrogen-bond donors (Lipinski definition) is 1. The number of nitrogens with one attached hydrogen (secondary N) is 1. The molecule has 2 aromatic rings. The van der Waals surface area contributed by atoms with E-state index in [2.05, 4.69) is 45.5 Å². The number of carbonyl (C=O) groups is 1. The minimum absolute atomic E-state index is 0.144. The molecule has 0 atom stereocenters. The second-order valence-electron chi connectivity index (χ2n) is 3.94. The number of nitrogens with zero attached hydrogens (tertiary/aromatic N) is 1. The molecule has 0 unspecified atom stereocenters. The number of aryl methyl sites for hydroxylation is 1. The topological polar surface area (TPSA) is 34.0 Å². The van der Waals surface area contributed by atoms with Crippen LogP contribution in [0.25, 0.3) is 10.9 Å². The molecule has 1 aromatic carbocycles. The summed E-state index contributed by atoms with van der Waals surface area (Å²) in [5.74, 6) is 0.144. The fourth-order valence-electron chi connectivity index (χ4n) is 2.00. The Morgan fingerprint density at radius 2 is 2.24 bits per heavy atom. The van der Waals surface area contributed by atoms with Crippen molar-refractivity contribution in [3.8, 4) is 0 Å². The number of halogens is 1. The van der Waals surface area contributed by atoms with Gasteiger partial charge in [0, 0.05) is 32.8 Å². The van der Waals surface area contributed by atoms with E-state index in [0.29, 0.717) is 6.54 Å². The summed E-state index contributed by atoms with van der Waals surface area (Å²) in [4.78, 5) is 12.0. The molecule has 0 aliphatic heterocycles. The van der Waals surface area contributed by atoms with Gasteiger partial charge in [-0.3, -0.25) is 4.79 Å². The van der Waals surface area contributed by atoms with Crippen LogP contribution in [0.5, 0.6) is 0 Å². The van der Waals surface area contributed by atoms with Crippen molar-refractivity contribution in [2.45, 2.75) is 13.5 Å². The van der Waals surface area contributed by atoms with Gasteiger partial charge < -0.3 is 9.88 Å². The molecule has 1 aromatic heterocycles. The van der Waals surface area contributed by atoms with Gasteiger partial charge in [-0.25, -0.2) is 0 Å². The number of benzene rings is 1. The molecular formula is C13H15IN2O. The standard InChI is InChI=1S/C13H15IN2O/c1-3-16-8-11(13(17)7-15-2)10-5-4-9(14)6-12(10)16/h4-6,8,15H,3,7H2,1-2H3. The largest absolute Gasteiger partial charge is 0.347 e. The third kappa shape index (κ3) is 2.37. The first kappa shape index (κ1) is 12.6. The molecule has 0 bridgehead atoms. The molecule has 4 heteroatoms. The highest BCUT2D eigenvalue weighted by Gasteiger charge is 2.13. The van der Waals surface area contributed by atoms with E-state index in [4.69, 9.17) is 0 Å². The van der Waals surface area contributed by atoms with Crippen LogP contribution in [0.2, 0.25) is 0 Å². The van der Waals surface area contributed by atoms with Gasteiger partial charge >= 0.3 is 0 Å². The van der Waals surface area contributed by atoms with Crippen molar-refractivity contribution in [3.05, 3.63) is 33.5 Å². The molecular weight excluding hydrogens is 327 g/mol. The maximum atomic E-state index is 12.0.